The van der Waals surface area contributed by atoms with Crippen LogP contribution in [0.3, 0.4) is 0 Å². The molecule has 17 heavy (non-hydrogen) atoms. The molecule has 7 nitrogen and oxygen atoms in total. The van der Waals surface area contributed by atoms with Crippen molar-refractivity contribution in [2.24, 2.45) is 5.92 Å². The minimum atomic E-state index is 0.552. The minimum absolute atomic E-state index is 0.552. The van der Waals surface area contributed by atoms with Crippen LogP contribution in [-0.2, 0) is 0 Å². The summed E-state index contributed by atoms with van der Waals surface area (Å²) in [4.78, 5) is 2.10. The van der Waals surface area contributed by atoms with E-state index in [0.717, 1.165) is 18.9 Å². The van der Waals surface area contributed by atoms with Crippen LogP contribution < -0.4 is 10.2 Å². The molecule has 0 spiro atoms. The van der Waals surface area contributed by atoms with E-state index in [2.05, 4.69) is 37.8 Å². The van der Waals surface area contributed by atoms with E-state index in [1.807, 2.05) is 26.2 Å². The van der Waals surface area contributed by atoms with Crippen molar-refractivity contribution >= 4 is 11.5 Å². The molecule has 92 valence electrons. The van der Waals surface area contributed by atoms with E-state index in [1.165, 1.54) is 4.63 Å². The first-order valence-corrected chi connectivity index (χ1v) is 5.62. The van der Waals surface area contributed by atoms with Crippen LogP contribution in [0.1, 0.15) is 6.92 Å². The Morgan fingerprint density at radius 2 is 2.29 bits per heavy atom. The molecule has 0 amide bonds. The average Bonchev–Trinajstić information content (AvgIpc) is 2.75. The van der Waals surface area contributed by atoms with E-state index in [0.29, 0.717) is 11.6 Å². The summed E-state index contributed by atoms with van der Waals surface area (Å²) in [5.41, 5.74) is 0.658. The van der Waals surface area contributed by atoms with Crippen LogP contribution in [0.15, 0.2) is 12.1 Å². The molecule has 2 aromatic heterocycles. The lowest BCUT2D eigenvalue weighted by molar-refractivity contribution is 0.538. The van der Waals surface area contributed by atoms with Gasteiger partial charge in [-0.05, 0) is 42.1 Å². The molecule has 0 fully saturated rings. The minimum Gasteiger partial charge on any atom is -0.358 e. The second kappa shape index (κ2) is 5.05. The van der Waals surface area contributed by atoms with Crippen LogP contribution in [0.5, 0.6) is 0 Å². The zero-order chi connectivity index (χ0) is 12.3. The second-order valence-corrected chi connectivity index (χ2v) is 4.26. The third kappa shape index (κ3) is 2.68. The maximum atomic E-state index is 4.33. The molecule has 0 aliphatic heterocycles. The Kier molecular flexibility index (Phi) is 3.48. The van der Waals surface area contributed by atoms with E-state index >= 15 is 0 Å². The van der Waals surface area contributed by atoms with Crippen LogP contribution in [0.25, 0.3) is 5.65 Å². The number of tetrazole rings is 1. The van der Waals surface area contributed by atoms with E-state index < -0.39 is 0 Å². The Hall–Kier alpha value is -1.76. The highest BCUT2D eigenvalue weighted by atomic mass is 15.6. The molecule has 0 aromatic carbocycles. The maximum Gasteiger partial charge on any atom is 0.200 e. The predicted molar refractivity (Wildman–Crippen MR) is 64.9 cm³/mol. The lowest BCUT2D eigenvalue weighted by atomic mass is 10.1. The van der Waals surface area contributed by atoms with Crippen molar-refractivity contribution in [1.29, 1.82) is 0 Å². The van der Waals surface area contributed by atoms with Gasteiger partial charge in [0.05, 0.1) is 0 Å². The van der Waals surface area contributed by atoms with Crippen molar-refractivity contribution in [1.82, 2.24) is 30.6 Å². The molecule has 0 saturated heterocycles. The van der Waals surface area contributed by atoms with Gasteiger partial charge in [0, 0.05) is 13.6 Å². The van der Waals surface area contributed by atoms with Crippen molar-refractivity contribution in [2.75, 3.05) is 32.1 Å². The van der Waals surface area contributed by atoms with Crippen LogP contribution >= 0.6 is 0 Å². The number of aromatic nitrogens is 5. The SMILES string of the molecule is CNCC(C)CN(C)c1ccc2nnnn2n1. The van der Waals surface area contributed by atoms with Gasteiger partial charge in [-0.15, -0.1) is 14.8 Å². The molecule has 7 heteroatoms. The zero-order valence-electron chi connectivity index (χ0n) is 10.3. The summed E-state index contributed by atoms with van der Waals surface area (Å²) in [6.45, 7) is 4.11. The summed E-state index contributed by atoms with van der Waals surface area (Å²) in [6, 6.07) is 3.79. The number of hydrogen-bond acceptors (Lipinski definition) is 6. The Balaban J connectivity index is 2.09. The van der Waals surface area contributed by atoms with Crippen LogP contribution in [0.2, 0.25) is 0 Å². The topological polar surface area (TPSA) is 71.2 Å². The summed E-state index contributed by atoms with van der Waals surface area (Å²) in [6.07, 6.45) is 0. The molecule has 0 radical (unpaired) electrons. The first-order chi connectivity index (χ1) is 8.20. The molecule has 1 atom stereocenters. The highest BCUT2D eigenvalue weighted by Crippen LogP contribution is 2.10. The van der Waals surface area contributed by atoms with Gasteiger partial charge in [0.2, 0.25) is 0 Å². The van der Waals surface area contributed by atoms with Crippen LogP contribution in [-0.4, -0.2) is 52.4 Å². The van der Waals surface area contributed by atoms with Crippen molar-refractivity contribution in [3.05, 3.63) is 12.1 Å². The molecule has 0 aliphatic carbocycles. The van der Waals surface area contributed by atoms with Crippen molar-refractivity contribution in [3.63, 3.8) is 0 Å². The number of nitrogens with zero attached hydrogens (tertiary/aromatic N) is 6. The standard InChI is InChI=1S/C10H17N7/c1-8(6-11-2)7-16(3)10-5-4-9-12-14-15-17(9)13-10/h4-5,8,11H,6-7H2,1-3H3. The molecular weight excluding hydrogens is 218 g/mol. The highest BCUT2D eigenvalue weighted by Gasteiger charge is 2.09. The van der Waals surface area contributed by atoms with E-state index in [-0.39, 0.29) is 0 Å². The first kappa shape index (κ1) is 11.7. The van der Waals surface area contributed by atoms with Crippen LogP contribution in [0, 0.1) is 5.92 Å². The summed E-state index contributed by atoms with van der Waals surface area (Å²) in [5, 5.41) is 18.7. The van der Waals surface area contributed by atoms with Gasteiger partial charge >= 0.3 is 0 Å². The molecule has 2 rings (SSSR count). The van der Waals surface area contributed by atoms with Crippen molar-refractivity contribution < 1.29 is 0 Å². The molecule has 1 N–H and O–H groups in total. The fourth-order valence-corrected chi connectivity index (χ4v) is 1.82. The van der Waals surface area contributed by atoms with Crippen molar-refractivity contribution in [2.45, 2.75) is 6.92 Å². The van der Waals surface area contributed by atoms with Gasteiger partial charge in [-0.1, -0.05) is 6.92 Å². The Bertz CT molecular complexity index is 480. The fourth-order valence-electron chi connectivity index (χ4n) is 1.82. The third-order valence-corrected chi connectivity index (χ3v) is 2.58. The van der Waals surface area contributed by atoms with Gasteiger partial charge in [0.25, 0.3) is 0 Å². The van der Waals surface area contributed by atoms with Gasteiger partial charge in [-0.2, -0.15) is 0 Å². The summed E-state index contributed by atoms with van der Waals surface area (Å²) < 4.78 is 1.44. The van der Waals surface area contributed by atoms with Gasteiger partial charge in [-0.25, -0.2) is 0 Å². The predicted octanol–water partition coefficient (Wildman–Crippen LogP) is -0.189. The molecule has 0 bridgehead atoms. The summed E-state index contributed by atoms with van der Waals surface area (Å²) >= 11 is 0. The second-order valence-electron chi connectivity index (χ2n) is 4.26. The maximum absolute atomic E-state index is 4.33. The van der Waals surface area contributed by atoms with Gasteiger partial charge in [-0.3, -0.25) is 0 Å². The Morgan fingerprint density at radius 3 is 3.06 bits per heavy atom. The molecule has 0 saturated carbocycles. The first-order valence-electron chi connectivity index (χ1n) is 5.62. The molecular formula is C10H17N7. The number of rotatable bonds is 5. The number of nitrogens with one attached hydrogen (secondary N) is 1. The number of fused-ring (bicyclic) bond motifs is 1. The Morgan fingerprint density at radius 1 is 1.47 bits per heavy atom. The molecule has 2 aromatic rings. The normalized spacial score (nSPS) is 12.9. The number of anilines is 1. The highest BCUT2D eigenvalue weighted by molar-refractivity contribution is 5.43. The lowest BCUT2D eigenvalue weighted by Crippen LogP contribution is -2.30. The van der Waals surface area contributed by atoms with Gasteiger partial charge < -0.3 is 10.2 Å². The molecule has 0 aliphatic rings. The van der Waals surface area contributed by atoms with Crippen molar-refractivity contribution in [3.8, 4) is 0 Å². The third-order valence-electron chi connectivity index (χ3n) is 2.58. The monoisotopic (exact) mass is 235 g/mol. The van der Waals surface area contributed by atoms with Gasteiger partial charge in [0.15, 0.2) is 11.5 Å². The lowest BCUT2D eigenvalue weighted by Gasteiger charge is -2.21. The van der Waals surface area contributed by atoms with Crippen LogP contribution in [0.4, 0.5) is 5.82 Å². The fraction of sp³-hybridized carbons (Fsp3) is 0.600. The largest absolute Gasteiger partial charge is 0.358 e. The van der Waals surface area contributed by atoms with Gasteiger partial charge in [0.1, 0.15) is 0 Å². The quantitative estimate of drug-likeness (QED) is 0.774. The van der Waals surface area contributed by atoms with E-state index in [1.54, 1.807) is 0 Å². The van der Waals surface area contributed by atoms with E-state index in [9.17, 15) is 0 Å². The zero-order valence-corrected chi connectivity index (χ0v) is 10.3. The Labute approximate surface area is 99.8 Å². The average molecular weight is 235 g/mol. The van der Waals surface area contributed by atoms with E-state index in [4.69, 9.17) is 0 Å². The smallest absolute Gasteiger partial charge is 0.200 e. The molecule has 1 unspecified atom stereocenters. The summed E-state index contributed by atoms with van der Waals surface area (Å²) in [7, 11) is 3.98. The summed E-state index contributed by atoms with van der Waals surface area (Å²) in [5.74, 6) is 1.42. The number of hydrogen-bond donors (Lipinski definition) is 1. The molecule has 2 heterocycles.